The third-order valence-corrected chi connectivity index (χ3v) is 17.1. The Kier molecular flexibility index (Phi) is 34.9. The fourth-order valence-electron chi connectivity index (χ4n) is 6.92. The summed E-state index contributed by atoms with van der Waals surface area (Å²) < 4.78 is 47.3. The van der Waals surface area contributed by atoms with Crippen molar-refractivity contribution in [3.8, 4) is 28.7 Å². The molecule has 9 nitrogen and oxygen atoms in total. The summed E-state index contributed by atoms with van der Waals surface area (Å²) >= 11 is -0.436. The number of rotatable bonds is 11. The number of hydrogen-bond donors (Lipinski definition) is 1. The van der Waals surface area contributed by atoms with Crippen molar-refractivity contribution < 1.29 is 220 Å². The monoisotopic (exact) mass is 1320 g/mol. The van der Waals surface area contributed by atoms with Crippen LogP contribution in [0.2, 0.25) is 0 Å². The maximum absolute atomic E-state index is 13.1. The van der Waals surface area contributed by atoms with Gasteiger partial charge in [-0.25, -0.2) is 4.39 Å². The first-order valence-corrected chi connectivity index (χ1v) is 27.5. The molecule has 0 saturated carbocycles. The van der Waals surface area contributed by atoms with E-state index in [1.54, 1.807) is 36.4 Å². The molecule has 386 valence electrons. The van der Waals surface area contributed by atoms with Crippen LogP contribution in [0, 0.1) is 33.9 Å². The van der Waals surface area contributed by atoms with Crippen LogP contribution in [0.4, 0.5) is 4.39 Å². The molecule has 6 aromatic carbocycles. The molecule has 2 atom stereocenters. The number of halogens is 5. The number of ether oxygens (including phenoxy) is 5. The second-order valence-electron chi connectivity index (χ2n) is 18.6. The molecule has 0 aliphatic carbocycles. The molecule has 73 heavy (non-hydrogen) atoms. The Morgan fingerprint density at radius 3 is 1.34 bits per heavy atom. The zero-order valence-corrected chi connectivity index (χ0v) is 55.8. The Labute approximate surface area is 552 Å². The van der Waals surface area contributed by atoms with Crippen molar-refractivity contribution in [3.05, 3.63) is 176 Å². The zero-order chi connectivity index (χ0) is 49.8. The number of aromatic hydroxyl groups is 1. The van der Waals surface area contributed by atoms with E-state index < -0.39 is 0 Å². The van der Waals surface area contributed by atoms with Gasteiger partial charge in [-0.1, -0.05) is 65.8 Å². The Hall–Kier alpha value is -0.887. The van der Waals surface area contributed by atoms with Gasteiger partial charge in [0.15, 0.2) is 26.9 Å². The molecular weight excluding hydrogens is 1250 g/mol. The van der Waals surface area contributed by atoms with Crippen LogP contribution < -0.4 is 189 Å². The molecule has 0 radical (unpaired) electrons. The molecule has 0 amide bonds. The van der Waals surface area contributed by atoms with Crippen molar-refractivity contribution in [2.75, 3.05) is 13.2 Å². The molecule has 2 fully saturated rings. The van der Waals surface area contributed by atoms with Gasteiger partial charge in [0.1, 0.15) is 34.6 Å². The average molecular weight is 1320 g/mol. The predicted molar refractivity (Wildman–Crippen MR) is 259 cm³/mol. The normalized spacial score (nSPS) is 14.8. The molecule has 1 N–H and O–H groups in total. The van der Waals surface area contributed by atoms with Crippen LogP contribution in [0.3, 0.4) is 0 Å². The summed E-state index contributed by atoms with van der Waals surface area (Å²) in [6.07, 6.45) is 6.21. The van der Waals surface area contributed by atoms with Gasteiger partial charge in [-0.15, -0.1) is 0 Å². The van der Waals surface area contributed by atoms with Gasteiger partial charge in [-0.3, -0.25) is 4.79 Å². The summed E-state index contributed by atoms with van der Waals surface area (Å²) in [5, 5.41) is 17.5. The molecule has 16 heteroatoms. The molecule has 2 saturated heterocycles. The molecule has 8 rings (SSSR count). The minimum atomic E-state index is -0.222. The Morgan fingerprint density at radius 2 is 0.973 bits per heavy atom. The van der Waals surface area contributed by atoms with E-state index in [9.17, 15) is 4.39 Å². The first-order chi connectivity index (χ1) is 33.0. The Balaban J connectivity index is 0.00000109. The first kappa shape index (κ1) is 70.1. The van der Waals surface area contributed by atoms with Crippen LogP contribution in [-0.4, -0.2) is 37.4 Å². The van der Waals surface area contributed by atoms with Gasteiger partial charge in [0, 0.05) is 24.0 Å². The largest absolute Gasteiger partial charge is 1.00 e. The maximum Gasteiger partial charge on any atom is 1.00 e. The summed E-state index contributed by atoms with van der Waals surface area (Å²) in [5.74, 6) is 3.34. The van der Waals surface area contributed by atoms with Gasteiger partial charge in [-0.05, 0) is 171 Å². The fraction of sp³-hybridized carbons (Fsp3) is 0.351. The minimum absolute atomic E-state index is 0. The maximum atomic E-state index is 13.1. The Bertz CT molecular complexity index is 2470. The van der Waals surface area contributed by atoms with E-state index in [1.807, 2.05) is 37.3 Å². The van der Waals surface area contributed by atoms with E-state index in [2.05, 4.69) is 120 Å². The van der Waals surface area contributed by atoms with Gasteiger partial charge in [0.05, 0.1) is 13.2 Å². The van der Waals surface area contributed by atoms with Crippen molar-refractivity contribution in [2.24, 2.45) is 0 Å². The molecule has 0 spiro atoms. The zero-order valence-electron chi connectivity index (χ0n) is 44.7. The molecular formula is C57H67Cl2FI2K2O9. The van der Waals surface area contributed by atoms with E-state index >= 15 is 0 Å². The third-order valence-electron chi connectivity index (χ3n) is 10.8. The van der Waals surface area contributed by atoms with Crippen LogP contribution in [0.25, 0.3) is 0 Å². The molecule has 2 unspecified atom stereocenters. The summed E-state index contributed by atoms with van der Waals surface area (Å²) in [6.45, 7) is 19.0. The molecule has 0 aromatic heterocycles. The second kappa shape index (κ2) is 36.3. The van der Waals surface area contributed by atoms with Gasteiger partial charge in [0.25, 0.3) is 6.47 Å². The van der Waals surface area contributed by atoms with Gasteiger partial charge < -0.3 is 65.2 Å². The fourth-order valence-corrected chi connectivity index (χ4v) is 11.6. The van der Waals surface area contributed by atoms with E-state index in [0.29, 0.717) is 0 Å². The van der Waals surface area contributed by atoms with Gasteiger partial charge >= 0.3 is 145 Å². The quantitative estimate of drug-likeness (QED) is 0.0447. The van der Waals surface area contributed by atoms with E-state index in [0.717, 1.165) is 80.3 Å². The SMILES string of the molecule is Cc1cc(F)ccc1[I+]c1ccc(C(C)(C)C)cc1.Cc1cc(Oc2ccc(OC3CCCCO3)cc2)ccc1[I+]c1ccc(C(C)(C)C)cc1.O=CO[O-].Oc1ccc(OC2CCCCO2)cc1.[Cl-].[Cl-].[H-].[K+].[K+]. The molecule has 2 aliphatic rings. The van der Waals surface area contributed by atoms with Crippen LogP contribution in [0.5, 0.6) is 28.7 Å². The number of carbonyl (C=O) groups excluding carboxylic acids is 1. The molecule has 2 heterocycles. The number of hydrogen-bond acceptors (Lipinski definition) is 9. The van der Waals surface area contributed by atoms with Gasteiger partial charge in [-0.2, -0.15) is 0 Å². The summed E-state index contributed by atoms with van der Waals surface area (Å²) in [7, 11) is 0. The number of aryl methyl sites for hydroxylation is 2. The van der Waals surface area contributed by atoms with Crippen LogP contribution in [0.1, 0.15) is 104 Å². The summed E-state index contributed by atoms with van der Waals surface area (Å²) in [4.78, 5) is 11.2. The third kappa shape index (κ3) is 26.1. The summed E-state index contributed by atoms with van der Waals surface area (Å²) in [5.41, 5.74) is 5.48. The predicted octanol–water partition coefficient (Wildman–Crippen LogP) is -5.46. The van der Waals surface area contributed by atoms with Crippen molar-refractivity contribution in [1.29, 1.82) is 0 Å². The molecule has 0 bridgehead atoms. The second-order valence-corrected chi connectivity index (χ2v) is 24.5. The Morgan fingerprint density at radius 1 is 0.589 bits per heavy atom. The van der Waals surface area contributed by atoms with Crippen LogP contribution in [-0.2, 0) is 30.0 Å². The van der Waals surface area contributed by atoms with Gasteiger partial charge in [0.2, 0.25) is 0 Å². The average Bonchev–Trinajstić information content (AvgIpc) is 3.33. The number of phenolic OH excluding ortho intramolecular Hbond substituents is 1. The van der Waals surface area contributed by atoms with E-state index in [1.165, 1.54) is 31.0 Å². The standard InChI is InChI=1S/C28H32IO3.C17H19FI.C11H14O3.CH2O3.2ClH.2K.H/c1-20-19-25(16-17-26(20)29-22-10-8-21(9-11-22)28(2,3)4)31-23-12-14-24(15-13-23)32-27-7-5-6-18-30-27;1-12-11-14(18)7-10-16(12)19-15-8-5-13(6-9-15)17(2,3)4;12-9-4-6-10(7-5-9)14-11-3-1-2-8-13-11;2-1-4-3;;;;;/h8-17,19,27H,5-7,18H2,1-4H3;5-11H,1-4H3;4-7,11-12H,1-3,8H2;1,3H;2*1H;;;/q2*+1;;;;;2*+1;-1/p-3. The number of carbonyl (C=O) groups is 1. The summed E-state index contributed by atoms with van der Waals surface area (Å²) in [6, 6.07) is 44.0. The van der Waals surface area contributed by atoms with Crippen molar-refractivity contribution >= 4 is 6.47 Å². The minimum Gasteiger partial charge on any atom is -1.00 e. The number of benzene rings is 6. The van der Waals surface area contributed by atoms with E-state index in [4.69, 9.17) is 38.8 Å². The number of phenols is 1. The smallest absolute Gasteiger partial charge is 1.00 e. The molecule has 6 aromatic rings. The van der Waals surface area contributed by atoms with Crippen LogP contribution >= 0.6 is 0 Å². The first-order valence-electron chi connectivity index (χ1n) is 23.2. The van der Waals surface area contributed by atoms with Crippen molar-refractivity contribution in [2.45, 2.75) is 117 Å². The van der Waals surface area contributed by atoms with Crippen molar-refractivity contribution in [1.82, 2.24) is 0 Å². The van der Waals surface area contributed by atoms with Crippen molar-refractivity contribution in [3.63, 3.8) is 0 Å². The topological polar surface area (TPSA) is 116 Å². The van der Waals surface area contributed by atoms with Crippen LogP contribution in [0.15, 0.2) is 133 Å². The van der Waals surface area contributed by atoms with E-state index in [-0.39, 0.29) is 213 Å². The molecule has 2 aliphatic heterocycles.